The Labute approximate surface area is 135 Å². The Bertz CT molecular complexity index is 600. The predicted octanol–water partition coefficient (Wildman–Crippen LogP) is 2.19. The number of benzene rings is 1. The minimum Gasteiger partial charge on any atom is -0.464 e. The van der Waals surface area contributed by atoms with E-state index in [0.717, 1.165) is 31.5 Å². The van der Waals surface area contributed by atoms with Crippen LogP contribution in [0.3, 0.4) is 0 Å². The molecule has 0 aromatic heterocycles. The van der Waals surface area contributed by atoms with E-state index in [9.17, 15) is 14.9 Å². The fourth-order valence-electron chi connectivity index (χ4n) is 3.03. The molecule has 0 spiro atoms. The number of hydrogen-bond donors (Lipinski definition) is 0. The quantitative estimate of drug-likeness (QED) is 0.265. The van der Waals surface area contributed by atoms with Gasteiger partial charge >= 0.3 is 5.97 Å². The Kier molecular flexibility index (Phi) is 5.36. The molecule has 6 heteroatoms. The zero-order chi connectivity index (χ0) is 16.9. The lowest BCUT2D eigenvalue weighted by atomic mass is 9.80. The molecule has 6 nitrogen and oxygen atoms in total. The van der Waals surface area contributed by atoms with Gasteiger partial charge in [-0.15, -0.1) is 4.92 Å². The van der Waals surface area contributed by atoms with E-state index in [1.54, 1.807) is 0 Å². The van der Waals surface area contributed by atoms with E-state index >= 15 is 0 Å². The summed E-state index contributed by atoms with van der Waals surface area (Å²) in [6, 6.07) is 9.33. The second-order valence-corrected chi connectivity index (χ2v) is 6.00. The normalized spacial score (nSPS) is 21.7. The first-order chi connectivity index (χ1) is 11.0. The van der Waals surface area contributed by atoms with Gasteiger partial charge in [0.25, 0.3) is 0 Å². The molecule has 0 radical (unpaired) electrons. The molecule has 2 rings (SSSR count). The van der Waals surface area contributed by atoms with Crippen LogP contribution in [0, 0.1) is 16.7 Å². The molecule has 1 fully saturated rings. The van der Waals surface area contributed by atoms with E-state index in [1.165, 1.54) is 7.11 Å². The van der Waals surface area contributed by atoms with Gasteiger partial charge in [0.2, 0.25) is 6.04 Å². The number of esters is 1. The summed E-state index contributed by atoms with van der Waals surface area (Å²) in [5.74, 6) is -0.257. The molecule has 0 N–H and O–H groups in total. The van der Waals surface area contributed by atoms with Gasteiger partial charge in [0.15, 0.2) is 0 Å². The second kappa shape index (κ2) is 7.26. The third-order valence-electron chi connectivity index (χ3n) is 4.32. The summed E-state index contributed by atoms with van der Waals surface area (Å²) < 4.78 is 6.83. The first kappa shape index (κ1) is 17.0. The molecule has 0 saturated carbocycles. The van der Waals surface area contributed by atoms with Crippen LogP contribution in [0.1, 0.15) is 31.7 Å². The summed E-state index contributed by atoms with van der Waals surface area (Å²) in [6.07, 6.45) is 3.86. The largest absolute Gasteiger partial charge is 0.464 e. The summed E-state index contributed by atoms with van der Waals surface area (Å²) in [5, 5.41) is 10.8. The number of rotatable bonds is 6. The molecule has 124 valence electrons. The van der Waals surface area contributed by atoms with Crippen LogP contribution in [0.15, 0.2) is 30.3 Å². The Morgan fingerprint density at radius 3 is 2.83 bits per heavy atom. The van der Waals surface area contributed by atoms with Crippen LogP contribution in [-0.2, 0) is 14.9 Å². The first-order valence-electron chi connectivity index (χ1n) is 7.68. The number of methoxy groups -OCH3 is 1. The van der Waals surface area contributed by atoms with E-state index in [2.05, 4.69) is 0 Å². The fourth-order valence-corrected chi connectivity index (χ4v) is 3.03. The molecule has 1 aromatic carbocycles. The van der Waals surface area contributed by atoms with Crippen LogP contribution in [0.25, 0.3) is 0 Å². The molecule has 1 saturated heterocycles. The smallest absolute Gasteiger partial charge is 0.375 e. The van der Waals surface area contributed by atoms with Gasteiger partial charge in [0.05, 0.1) is 7.11 Å². The Morgan fingerprint density at radius 2 is 2.22 bits per heavy atom. The standard InChI is InChI=1S/C17H22N2O4/c1-17(10-12-19(21)22,14-7-4-3-5-8-14)13-18-11-6-9-15(18)16(20)23-2/h3-5,7-8,12-13,15H,6,9-11H2,1-2H3/t15-,17?/m0/s1. The molecular weight excluding hydrogens is 296 g/mol. The van der Waals surface area contributed by atoms with Crippen LogP contribution in [0.4, 0.5) is 0 Å². The van der Waals surface area contributed by atoms with Crippen LogP contribution in [0.5, 0.6) is 0 Å². The van der Waals surface area contributed by atoms with Crippen molar-refractivity contribution >= 4 is 12.2 Å². The number of nitro groups is 1. The Hall–Kier alpha value is -2.37. The van der Waals surface area contributed by atoms with Crippen LogP contribution < -0.4 is 0 Å². The highest BCUT2D eigenvalue weighted by atomic mass is 16.6. The Morgan fingerprint density at radius 1 is 1.52 bits per heavy atom. The van der Waals surface area contributed by atoms with Crippen LogP contribution in [-0.4, -0.2) is 41.4 Å². The highest BCUT2D eigenvalue weighted by molar-refractivity contribution is 5.76. The summed E-state index contributed by atoms with van der Waals surface area (Å²) in [5.41, 5.74) is 0.430. The van der Waals surface area contributed by atoms with Gasteiger partial charge in [-0.25, -0.2) is 9.37 Å². The van der Waals surface area contributed by atoms with E-state index in [0.29, 0.717) is 0 Å². The maximum absolute atomic E-state index is 11.9. The highest BCUT2D eigenvalue weighted by Gasteiger charge is 2.38. The lowest BCUT2D eigenvalue weighted by Crippen LogP contribution is -2.37. The topological polar surface area (TPSA) is 72.5 Å². The van der Waals surface area contributed by atoms with E-state index in [1.807, 2.05) is 48.0 Å². The van der Waals surface area contributed by atoms with Crippen molar-refractivity contribution in [3.63, 3.8) is 0 Å². The number of ether oxygens (including phenoxy) is 1. The summed E-state index contributed by atoms with van der Waals surface area (Å²) in [4.78, 5) is 22.3. The van der Waals surface area contributed by atoms with Gasteiger partial charge in [-0.2, -0.15) is 0 Å². The van der Waals surface area contributed by atoms with Crippen molar-refractivity contribution in [2.24, 2.45) is 0 Å². The zero-order valence-electron chi connectivity index (χ0n) is 13.5. The van der Waals surface area contributed by atoms with Gasteiger partial charge in [-0.05, 0) is 12.5 Å². The predicted molar refractivity (Wildman–Crippen MR) is 85.9 cm³/mol. The van der Waals surface area contributed by atoms with E-state index < -0.39 is 10.3 Å². The molecular formula is C17H22N2O4. The minimum absolute atomic E-state index is 0.257. The fraction of sp³-hybridized carbons (Fsp3) is 0.471. The van der Waals surface area contributed by atoms with Gasteiger partial charge in [0.1, 0.15) is 12.8 Å². The van der Waals surface area contributed by atoms with Gasteiger partial charge in [-0.3, -0.25) is 10.1 Å². The van der Waals surface area contributed by atoms with Crippen LogP contribution in [0.2, 0.25) is 0 Å². The molecule has 0 amide bonds. The van der Waals surface area contributed by atoms with E-state index in [-0.39, 0.29) is 18.4 Å². The SMILES string of the molecule is COC(=O)[C@@H]1CCC[N+]1=CC(C)(C[CH-][N+](=O)[O-])c1ccccc1. The number of carbonyl (C=O) groups is 1. The Balaban J connectivity index is 2.35. The molecule has 1 unspecified atom stereocenters. The molecule has 2 atom stereocenters. The van der Waals surface area contributed by atoms with Crippen molar-refractivity contribution in [1.82, 2.24) is 0 Å². The third-order valence-corrected chi connectivity index (χ3v) is 4.32. The van der Waals surface area contributed by atoms with Gasteiger partial charge < -0.3 is 4.74 Å². The van der Waals surface area contributed by atoms with Crippen LogP contribution >= 0.6 is 0 Å². The lowest BCUT2D eigenvalue weighted by molar-refractivity contribution is -0.531. The first-order valence-corrected chi connectivity index (χ1v) is 7.68. The molecule has 23 heavy (non-hydrogen) atoms. The van der Waals surface area contributed by atoms with Gasteiger partial charge in [-0.1, -0.05) is 43.3 Å². The van der Waals surface area contributed by atoms with Crippen molar-refractivity contribution in [3.8, 4) is 0 Å². The summed E-state index contributed by atoms with van der Waals surface area (Å²) >= 11 is 0. The molecule has 1 aliphatic rings. The average molecular weight is 318 g/mol. The van der Waals surface area contributed by atoms with Gasteiger partial charge in [0, 0.05) is 18.3 Å². The minimum atomic E-state index is -0.551. The molecule has 1 aromatic rings. The molecule has 0 bridgehead atoms. The van der Waals surface area contributed by atoms with Crippen molar-refractivity contribution in [1.29, 1.82) is 0 Å². The van der Waals surface area contributed by atoms with Crippen molar-refractivity contribution in [2.75, 3.05) is 13.7 Å². The molecule has 1 heterocycles. The van der Waals surface area contributed by atoms with Crippen molar-refractivity contribution in [2.45, 2.75) is 37.6 Å². The second-order valence-electron chi connectivity index (χ2n) is 6.00. The lowest BCUT2D eigenvalue weighted by Gasteiger charge is -2.27. The van der Waals surface area contributed by atoms with Crippen molar-refractivity contribution < 1.29 is 19.0 Å². The maximum Gasteiger partial charge on any atom is 0.375 e. The summed E-state index contributed by atoms with van der Waals surface area (Å²) in [6.45, 7) is 3.78. The number of nitrogens with zero attached hydrogens (tertiary/aromatic N) is 2. The molecule has 0 aliphatic carbocycles. The molecule has 1 aliphatic heterocycles. The zero-order valence-corrected chi connectivity index (χ0v) is 13.5. The maximum atomic E-state index is 11.9. The third kappa shape index (κ3) is 4.09. The van der Waals surface area contributed by atoms with E-state index in [4.69, 9.17) is 4.74 Å². The number of carbonyl (C=O) groups excluding carboxylic acids is 1. The summed E-state index contributed by atoms with van der Waals surface area (Å²) in [7, 11) is 1.38. The monoisotopic (exact) mass is 318 g/mol. The highest BCUT2D eigenvalue weighted by Crippen LogP contribution is 2.28. The van der Waals surface area contributed by atoms with Crippen molar-refractivity contribution in [3.05, 3.63) is 52.6 Å². The average Bonchev–Trinajstić information content (AvgIpc) is 3.01. The number of hydrogen-bond acceptors (Lipinski definition) is 4.